The van der Waals surface area contributed by atoms with Crippen LogP contribution < -0.4 is 10.1 Å². The number of halogens is 3. The number of carbonyl (C=O) groups is 1. The number of rotatable bonds is 3. The van der Waals surface area contributed by atoms with Gasteiger partial charge in [0.1, 0.15) is 5.75 Å². The molecule has 0 unspecified atom stereocenters. The number of ether oxygens (including phenoxy) is 1. The van der Waals surface area contributed by atoms with Gasteiger partial charge in [-0.05, 0) is 44.2 Å². The van der Waals surface area contributed by atoms with E-state index in [2.05, 4.69) is 10.1 Å². The number of hydrogen-bond acceptors (Lipinski definition) is 3. The van der Waals surface area contributed by atoms with E-state index in [1.54, 1.807) is 4.90 Å². The molecular formula is C14H17F3N2O2. The fourth-order valence-corrected chi connectivity index (χ4v) is 2.35. The van der Waals surface area contributed by atoms with Crippen molar-refractivity contribution in [1.29, 1.82) is 0 Å². The van der Waals surface area contributed by atoms with Crippen LogP contribution in [0.4, 0.5) is 13.2 Å². The quantitative estimate of drug-likeness (QED) is 0.932. The van der Waals surface area contributed by atoms with Crippen molar-refractivity contribution in [2.75, 3.05) is 20.1 Å². The van der Waals surface area contributed by atoms with Gasteiger partial charge in [-0.25, -0.2) is 0 Å². The van der Waals surface area contributed by atoms with Gasteiger partial charge in [0.2, 0.25) is 0 Å². The number of nitrogens with one attached hydrogen (secondary N) is 1. The summed E-state index contributed by atoms with van der Waals surface area (Å²) in [4.78, 5) is 13.9. The van der Waals surface area contributed by atoms with Gasteiger partial charge >= 0.3 is 6.36 Å². The van der Waals surface area contributed by atoms with Crippen LogP contribution in [-0.2, 0) is 0 Å². The molecule has 116 valence electrons. The third-order valence-corrected chi connectivity index (χ3v) is 3.53. The molecule has 0 radical (unpaired) electrons. The van der Waals surface area contributed by atoms with Crippen molar-refractivity contribution >= 4 is 5.91 Å². The Bertz CT molecular complexity index is 480. The molecule has 2 rings (SSSR count). The molecule has 1 heterocycles. The highest BCUT2D eigenvalue weighted by Gasteiger charge is 2.31. The number of nitrogens with zero attached hydrogens (tertiary/aromatic N) is 1. The lowest BCUT2D eigenvalue weighted by Crippen LogP contribution is -2.43. The molecule has 0 atom stereocenters. The van der Waals surface area contributed by atoms with Gasteiger partial charge in [-0.2, -0.15) is 0 Å². The Morgan fingerprint density at radius 2 is 1.81 bits per heavy atom. The Morgan fingerprint density at radius 1 is 1.24 bits per heavy atom. The Labute approximate surface area is 120 Å². The molecule has 7 heteroatoms. The molecule has 1 saturated heterocycles. The van der Waals surface area contributed by atoms with E-state index in [9.17, 15) is 18.0 Å². The number of benzene rings is 1. The van der Waals surface area contributed by atoms with Crippen LogP contribution in [0.3, 0.4) is 0 Å². The molecule has 0 aromatic heterocycles. The van der Waals surface area contributed by atoms with Gasteiger partial charge in [-0.15, -0.1) is 13.2 Å². The van der Waals surface area contributed by atoms with Crippen molar-refractivity contribution in [3.63, 3.8) is 0 Å². The first-order valence-electron chi connectivity index (χ1n) is 6.71. The lowest BCUT2D eigenvalue weighted by atomic mass is 10.0. The molecule has 1 aliphatic rings. The standard InChI is InChI=1S/C14H17F3N2O2/c1-18-11-6-8-19(9-7-11)13(20)10-2-4-12(5-3-10)21-14(15,16)17/h2-5,11,18H,6-9H2,1H3. The summed E-state index contributed by atoms with van der Waals surface area (Å²) in [6.07, 6.45) is -2.98. The van der Waals surface area contributed by atoms with E-state index in [0.717, 1.165) is 25.0 Å². The van der Waals surface area contributed by atoms with Gasteiger partial charge in [0.05, 0.1) is 0 Å². The first-order chi connectivity index (χ1) is 9.89. The van der Waals surface area contributed by atoms with Crippen LogP contribution in [0.2, 0.25) is 0 Å². The SMILES string of the molecule is CNC1CCN(C(=O)c2ccc(OC(F)(F)F)cc2)CC1. The Morgan fingerprint density at radius 3 is 2.29 bits per heavy atom. The average Bonchev–Trinajstić information content (AvgIpc) is 2.46. The van der Waals surface area contributed by atoms with Crippen molar-refractivity contribution < 1.29 is 22.7 Å². The van der Waals surface area contributed by atoms with E-state index in [1.807, 2.05) is 7.05 Å². The topological polar surface area (TPSA) is 41.6 Å². The zero-order chi connectivity index (χ0) is 15.5. The number of piperidine rings is 1. The second kappa shape index (κ2) is 6.34. The molecule has 0 aliphatic carbocycles. The maximum atomic E-state index is 12.2. The third-order valence-electron chi connectivity index (χ3n) is 3.53. The van der Waals surface area contributed by atoms with E-state index in [1.165, 1.54) is 12.1 Å². The summed E-state index contributed by atoms with van der Waals surface area (Å²) in [6.45, 7) is 1.29. The van der Waals surface area contributed by atoms with Gasteiger partial charge in [-0.3, -0.25) is 4.79 Å². The van der Waals surface area contributed by atoms with Crippen molar-refractivity contribution in [3.05, 3.63) is 29.8 Å². The number of likely N-dealkylation sites (tertiary alicyclic amines) is 1. The Balaban J connectivity index is 1.97. The van der Waals surface area contributed by atoms with E-state index in [-0.39, 0.29) is 11.7 Å². The van der Waals surface area contributed by atoms with Crippen LogP contribution in [0.1, 0.15) is 23.2 Å². The summed E-state index contributed by atoms with van der Waals surface area (Å²) in [5.74, 6) is -0.490. The van der Waals surface area contributed by atoms with E-state index in [4.69, 9.17) is 0 Å². The predicted molar refractivity (Wildman–Crippen MR) is 71.1 cm³/mol. The molecule has 1 amide bonds. The molecule has 1 N–H and O–H groups in total. The monoisotopic (exact) mass is 302 g/mol. The smallest absolute Gasteiger partial charge is 0.406 e. The van der Waals surface area contributed by atoms with Gasteiger partial charge in [0, 0.05) is 24.7 Å². The van der Waals surface area contributed by atoms with Crippen molar-refractivity contribution in [3.8, 4) is 5.75 Å². The molecule has 1 aromatic rings. The van der Waals surface area contributed by atoms with Crippen LogP contribution in [0.25, 0.3) is 0 Å². The fourth-order valence-electron chi connectivity index (χ4n) is 2.35. The molecular weight excluding hydrogens is 285 g/mol. The molecule has 1 fully saturated rings. The highest BCUT2D eigenvalue weighted by molar-refractivity contribution is 5.94. The fraction of sp³-hybridized carbons (Fsp3) is 0.500. The van der Waals surface area contributed by atoms with Crippen molar-refractivity contribution in [2.45, 2.75) is 25.2 Å². The predicted octanol–water partition coefficient (Wildman–Crippen LogP) is 2.41. The second-order valence-corrected chi connectivity index (χ2v) is 4.93. The minimum absolute atomic E-state index is 0.164. The largest absolute Gasteiger partial charge is 0.573 e. The first-order valence-corrected chi connectivity index (χ1v) is 6.71. The average molecular weight is 302 g/mol. The van der Waals surface area contributed by atoms with Crippen LogP contribution >= 0.6 is 0 Å². The molecule has 1 aliphatic heterocycles. The zero-order valence-electron chi connectivity index (χ0n) is 11.6. The highest BCUT2D eigenvalue weighted by Crippen LogP contribution is 2.23. The molecule has 0 bridgehead atoms. The van der Waals surface area contributed by atoms with Gasteiger partial charge < -0.3 is 15.0 Å². The maximum absolute atomic E-state index is 12.2. The van der Waals surface area contributed by atoms with E-state index >= 15 is 0 Å². The lowest BCUT2D eigenvalue weighted by molar-refractivity contribution is -0.274. The number of alkyl halides is 3. The second-order valence-electron chi connectivity index (χ2n) is 4.93. The van der Waals surface area contributed by atoms with Crippen LogP contribution in [0.5, 0.6) is 5.75 Å². The van der Waals surface area contributed by atoms with Gasteiger partial charge in [0.15, 0.2) is 0 Å². The molecule has 4 nitrogen and oxygen atoms in total. The number of hydrogen-bond donors (Lipinski definition) is 1. The normalized spacial score (nSPS) is 16.9. The Hall–Kier alpha value is -1.76. The van der Waals surface area contributed by atoms with Gasteiger partial charge in [-0.1, -0.05) is 0 Å². The van der Waals surface area contributed by atoms with E-state index in [0.29, 0.717) is 24.7 Å². The first kappa shape index (κ1) is 15.6. The van der Waals surface area contributed by atoms with Crippen molar-refractivity contribution in [2.24, 2.45) is 0 Å². The summed E-state index contributed by atoms with van der Waals surface area (Å²) in [5.41, 5.74) is 0.368. The minimum atomic E-state index is -4.72. The summed E-state index contributed by atoms with van der Waals surface area (Å²) in [7, 11) is 1.89. The summed E-state index contributed by atoms with van der Waals surface area (Å²) in [5, 5.41) is 3.17. The van der Waals surface area contributed by atoms with Crippen LogP contribution in [0.15, 0.2) is 24.3 Å². The summed E-state index contributed by atoms with van der Waals surface area (Å²) in [6, 6.07) is 5.43. The summed E-state index contributed by atoms with van der Waals surface area (Å²) < 4.78 is 40.0. The minimum Gasteiger partial charge on any atom is -0.406 e. The number of carbonyl (C=O) groups excluding carboxylic acids is 1. The van der Waals surface area contributed by atoms with Crippen LogP contribution in [-0.4, -0.2) is 43.3 Å². The zero-order valence-corrected chi connectivity index (χ0v) is 11.6. The lowest BCUT2D eigenvalue weighted by Gasteiger charge is -2.31. The summed E-state index contributed by atoms with van der Waals surface area (Å²) >= 11 is 0. The molecule has 1 aromatic carbocycles. The number of amides is 1. The Kier molecular flexibility index (Phi) is 4.72. The maximum Gasteiger partial charge on any atom is 0.573 e. The van der Waals surface area contributed by atoms with Crippen molar-refractivity contribution in [1.82, 2.24) is 10.2 Å². The highest BCUT2D eigenvalue weighted by atomic mass is 19.4. The van der Waals surface area contributed by atoms with Gasteiger partial charge in [0.25, 0.3) is 5.91 Å². The molecule has 0 spiro atoms. The van der Waals surface area contributed by atoms with E-state index < -0.39 is 6.36 Å². The molecule has 21 heavy (non-hydrogen) atoms. The molecule has 0 saturated carbocycles. The van der Waals surface area contributed by atoms with Crippen LogP contribution in [0, 0.1) is 0 Å². The third kappa shape index (κ3) is 4.35.